The van der Waals surface area contributed by atoms with Gasteiger partial charge in [0.25, 0.3) is 0 Å². The molecule has 188 valence electrons. The van der Waals surface area contributed by atoms with E-state index in [1.54, 1.807) is 0 Å². The Morgan fingerprint density at radius 3 is 1.89 bits per heavy atom. The van der Waals surface area contributed by atoms with Crippen molar-refractivity contribution in [2.45, 2.75) is 90.8 Å². The van der Waals surface area contributed by atoms with Crippen LogP contribution in [0.2, 0.25) is 0 Å². The molecule has 0 amide bonds. The smallest absolute Gasteiger partial charge is 0.119 e. The fourth-order valence-corrected chi connectivity index (χ4v) is 4.30. The van der Waals surface area contributed by atoms with Crippen molar-refractivity contribution in [2.24, 2.45) is 0 Å². The third kappa shape index (κ3) is 10.7. The van der Waals surface area contributed by atoms with Crippen LogP contribution in [0.3, 0.4) is 0 Å². The zero-order valence-electron chi connectivity index (χ0n) is 21.9. The minimum absolute atomic E-state index is 0.244. The summed E-state index contributed by atoms with van der Waals surface area (Å²) in [7, 11) is 0. The molecule has 0 heterocycles. The van der Waals surface area contributed by atoms with E-state index in [9.17, 15) is 0 Å². The van der Waals surface area contributed by atoms with E-state index in [1.807, 2.05) is 6.07 Å². The van der Waals surface area contributed by atoms with Gasteiger partial charge in [0.15, 0.2) is 0 Å². The highest BCUT2D eigenvalue weighted by Gasteiger charge is 2.05. The highest BCUT2D eigenvalue weighted by atomic mass is 16.5. The summed E-state index contributed by atoms with van der Waals surface area (Å²) in [6, 6.07) is 27.8. The summed E-state index contributed by atoms with van der Waals surface area (Å²) in [5, 5.41) is 0. The molecule has 0 fully saturated rings. The third-order valence-electron chi connectivity index (χ3n) is 6.63. The van der Waals surface area contributed by atoms with Gasteiger partial charge in [-0.2, -0.15) is 0 Å². The highest BCUT2D eigenvalue weighted by Crippen LogP contribution is 2.24. The Hall–Kier alpha value is -2.58. The molecule has 3 rings (SSSR count). The van der Waals surface area contributed by atoms with E-state index >= 15 is 0 Å². The molecule has 1 atom stereocenters. The molecule has 3 aromatic carbocycles. The average Bonchev–Trinajstić information content (AvgIpc) is 2.91. The Labute approximate surface area is 213 Å². The van der Waals surface area contributed by atoms with Crippen LogP contribution in [0.1, 0.15) is 82.8 Å². The fraction of sp³-hybridized carbons (Fsp3) is 0.455. The number of ether oxygens (including phenoxy) is 2. The van der Waals surface area contributed by atoms with Gasteiger partial charge >= 0.3 is 0 Å². The van der Waals surface area contributed by atoms with Gasteiger partial charge < -0.3 is 9.47 Å². The lowest BCUT2D eigenvalue weighted by Crippen LogP contribution is -2.09. The maximum Gasteiger partial charge on any atom is 0.119 e. The summed E-state index contributed by atoms with van der Waals surface area (Å²) in [4.78, 5) is 0. The van der Waals surface area contributed by atoms with Crippen LogP contribution in [-0.2, 0) is 17.8 Å². The molecule has 2 heteroatoms. The number of aryl methyl sites for hydroxylation is 1. The lowest BCUT2D eigenvalue weighted by atomic mass is 10.0. The van der Waals surface area contributed by atoms with Gasteiger partial charge in [-0.15, -0.1) is 0 Å². The van der Waals surface area contributed by atoms with Crippen LogP contribution in [0.25, 0.3) is 11.1 Å². The molecular formula is C33H44O2. The second-order valence-electron chi connectivity index (χ2n) is 9.69. The van der Waals surface area contributed by atoms with Crippen molar-refractivity contribution < 1.29 is 9.47 Å². The van der Waals surface area contributed by atoms with E-state index in [0.717, 1.165) is 31.6 Å². The van der Waals surface area contributed by atoms with Gasteiger partial charge in [-0.1, -0.05) is 119 Å². The molecule has 0 N–H and O–H groups in total. The molecule has 1 unspecified atom stereocenters. The topological polar surface area (TPSA) is 18.5 Å². The van der Waals surface area contributed by atoms with Crippen molar-refractivity contribution >= 4 is 0 Å². The normalized spacial score (nSPS) is 11.9. The van der Waals surface area contributed by atoms with Gasteiger partial charge in [0.1, 0.15) is 5.75 Å². The van der Waals surface area contributed by atoms with E-state index in [1.165, 1.54) is 67.2 Å². The summed E-state index contributed by atoms with van der Waals surface area (Å²) in [6.45, 7) is 5.93. The number of unbranched alkanes of at least 4 members (excludes halogenated alkanes) is 7. The fourth-order valence-electron chi connectivity index (χ4n) is 4.30. The number of hydrogen-bond donors (Lipinski definition) is 0. The summed E-state index contributed by atoms with van der Waals surface area (Å²) in [6.07, 6.45) is 12.9. The Morgan fingerprint density at radius 1 is 0.629 bits per heavy atom. The van der Waals surface area contributed by atoms with E-state index in [0.29, 0.717) is 6.61 Å². The molecule has 3 aromatic rings. The first-order chi connectivity index (χ1) is 17.2. The molecule has 0 aromatic heterocycles. The third-order valence-corrected chi connectivity index (χ3v) is 6.63. The van der Waals surface area contributed by atoms with Crippen LogP contribution in [0.15, 0.2) is 78.9 Å². The zero-order chi connectivity index (χ0) is 24.6. The molecule has 0 spiro atoms. The molecule has 0 saturated heterocycles. The van der Waals surface area contributed by atoms with Crippen LogP contribution in [0.5, 0.6) is 5.75 Å². The van der Waals surface area contributed by atoms with E-state index in [4.69, 9.17) is 9.47 Å². The van der Waals surface area contributed by atoms with Crippen LogP contribution in [0, 0.1) is 0 Å². The molecule has 35 heavy (non-hydrogen) atoms. The predicted molar refractivity (Wildman–Crippen MR) is 149 cm³/mol. The summed E-state index contributed by atoms with van der Waals surface area (Å²) < 4.78 is 12.0. The van der Waals surface area contributed by atoms with E-state index in [-0.39, 0.29) is 6.10 Å². The first kappa shape index (κ1) is 27.0. The van der Waals surface area contributed by atoms with Gasteiger partial charge in [0.2, 0.25) is 0 Å². The first-order valence-corrected chi connectivity index (χ1v) is 13.7. The monoisotopic (exact) mass is 472 g/mol. The standard InChI is InChI=1S/C33H44O2/c1-3-4-5-6-7-8-9-13-26-34-33-24-22-32(23-25-33)31-20-18-29(19-21-31)17-16-28(2)35-27-30-14-11-10-12-15-30/h10-12,14-15,18-25,28H,3-9,13,16-17,26-27H2,1-2H3. The Bertz CT molecular complexity index is 916. The van der Waals surface area contributed by atoms with Crippen molar-refractivity contribution in [2.75, 3.05) is 6.61 Å². The molecule has 2 nitrogen and oxygen atoms in total. The van der Waals surface area contributed by atoms with Gasteiger partial charge in [-0.25, -0.2) is 0 Å². The van der Waals surface area contributed by atoms with Gasteiger partial charge in [0.05, 0.1) is 19.3 Å². The second-order valence-corrected chi connectivity index (χ2v) is 9.69. The SMILES string of the molecule is CCCCCCCCCCOc1ccc(-c2ccc(CCC(C)OCc3ccccc3)cc2)cc1. The molecule has 0 bridgehead atoms. The lowest BCUT2D eigenvalue weighted by Gasteiger charge is -2.13. The first-order valence-electron chi connectivity index (χ1n) is 13.7. The van der Waals surface area contributed by atoms with Gasteiger partial charge in [-0.3, -0.25) is 0 Å². The molecule has 0 radical (unpaired) electrons. The number of rotatable bonds is 17. The Balaban J connectivity index is 1.33. The Kier molecular flexibility index (Phi) is 12.5. The molecule has 0 aliphatic rings. The van der Waals surface area contributed by atoms with Crippen LogP contribution >= 0.6 is 0 Å². The number of hydrogen-bond acceptors (Lipinski definition) is 2. The number of benzene rings is 3. The van der Waals surface area contributed by atoms with Gasteiger partial charge in [-0.05, 0) is 60.6 Å². The highest BCUT2D eigenvalue weighted by molar-refractivity contribution is 5.64. The van der Waals surface area contributed by atoms with Crippen LogP contribution in [-0.4, -0.2) is 12.7 Å². The molecule has 0 aliphatic heterocycles. The summed E-state index contributed by atoms with van der Waals surface area (Å²) >= 11 is 0. The zero-order valence-corrected chi connectivity index (χ0v) is 21.9. The van der Waals surface area contributed by atoms with Crippen molar-refractivity contribution in [3.8, 4) is 16.9 Å². The average molecular weight is 473 g/mol. The second kappa shape index (κ2) is 16.2. The van der Waals surface area contributed by atoms with Crippen molar-refractivity contribution in [1.82, 2.24) is 0 Å². The Morgan fingerprint density at radius 2 is 1.23 bits per heavy atom. The van der Waals surface area contributed by atoms with E-state index in [2.05, 4.69) is 86.6 Å². The quantitative estimate of drug-likeness (QED) is 0.182. The van der Waals surface area contributed by atoms with Crippen molar-refractivity contribution in [3.63, 3.8) is 0 Å². The van der Waals surface area contributed by atoms with E-state index < -0.39 is 0 Å². The maximum atomic E-state index is 6.01. The lowest BCUT2D eigenvalue weighted by molar-refractivity contribution is 0.0478. The largest absolute Gasteiger partial charge is 0.494 e. The van der Waals surface area contributed by atoms with Crippen LogP contribution in [0.4, 0.5) is 0 Å². The minimum Gasteiger partial charge on any atom is -0.494 e. The predicted octanol–water partition coefficient (Wildman–Crippen LogP) is 9.41. The molecule has 0 aliphatic carbocycles. The minimum atomic E-state index is 0.244. The van der Waals surface area contributed by atoms with Gasteiger partial charge in [0, 0.05) is 0 Å². The molecular weight excluding hydrogens is 428 g/mol. The maximum absolute atomic E-state index is 6.01. The summed E-state index contributed by atoms with van der Waals surface area (Å²) in [5.41, 5.74) is 5.06. The van der Waals surface area contributed by atoms with Crippen molar-refractivity contribution in [1.29, 1.82) is 0 Å². The van der Waals surface area contributed by atoms with Crippen LogP contribution < -0.4 is 4.74 Å². The van der Waals surface area contributed by atoms with Crippen molar-refractivity contribution in [3.05, 3.63) is 90.0 Å². The summed E-state index contributed by atoms with van der Waals surface area (Å²) in [5.74, 6) is 0.970. The molecule has 0 saturated carbocycles.